The second-order valence-corrected chi connectivity index (χ2v) is 4.52. The Morgan fingerprint density at radius 1 is 1.35 bits per heavy atom. The zero-order valence-electron chi connectivity index (χ0n) is 9.84. The van der Waals surface area contributed by atoms with E-state index in [4.69, 9.17) is 15.2 Å². The number of benzene rings is 1. The highest BCUT2D eigenvalue weighted by molar-refractivity contribution is 5.43. The van der Waals surface area contributed by atoms with Crippen molar-refractivity contribution in [2.75, 3.05) is 25.6 Å². The van der Waals surface area contributed by atoms with Crippen LogP contribution in [0, 0.1) is 5.92 Å². The summed E-state index contributed by atoms with van der Waals surface area (Å²) in [5.74, 6) is 1.39. The number of nitrogens with two attached hydrogens (primary N) is 1. The largest absolute Gasteiger partial charge is 0.491 e. The summed E-state index contributed by atoms with van der Waals surface area (Å²) in [7, 11) is 0. The van der Waals surface area contributed by atoms with E-state index < -0.39 is 6.10 Å². The third kappa shape index (κ3) is 4.63. The topological polar surface area (TPSA) is 64.7 Å². The van der Waals surface area contributed by atoms with E-state index >= 15 is 0 Å². The van der Waals surface area contributed by atoms with Crippen molar-refractivity contribution >= 4 is 5.69 Å². The van der Waals surface area contributed by atoms with Crippen LogP contribution < -0.4 is 10.5 Å². The number of rotatable bonds is 7. The second-order valence-electron chi connectivity index (χ2n) is 4.52. The van der Waals surface area contributed by atoms with Crippen molar-refractivity contribution in [2.45, 2.75) is 18.9 Å². The van der Waals surface area contributed by atoms with E-state index in [2.05, 4.69) is 0 Å². The molecule has 0 aliphatic heterocycles. The van der Waals surface area contributed by atoms with Gasteiger partial charge in [0.2, 0.25) is 0 Å². The lowest BCUT2D eigenvalue weighted by Crippen LogP contribution is -2.24. The normalized spacial score (nSPS) is 16.8. The maximum absolute atomic E-state index is 9.63. The monoisotopic (exact) mass is 237 g/mol. The Balaban J connectivity index is 1.62. The number of aliphatic hydroxyl groups excluding tert-OH is 1. The molecule has 4 nitrogen and oxygen atoms in total. The molecular formula is C13H19NO3. The van der Waals surface area contributed by atoms with Crippen LogP contribution in [0.2, 0.25) is 0 Å². The van der Waals surface area contributed by atoms with Gasteiger partial charge in [0.15, 0.2) is 0 Å². The number of anilines is 1. The number of aliphatic hydroxyl groups is 1. The molecule has 0 radical (unpaired) electrons. The third-order valence-electron chi connectivity index (χ3n) is 2.66. The minimum Gasteiger partial charge on any atom is -0.491 e. The summed E-state index contributed by atoms with van der Waals surface area (Å²) < 4.78 is 10.8. The molecule has 1 aliphatic rings. The van der Waals surface area contributed by atoms with Gasteiger partial charge in [-0.25, -0.2) is 0 Å². The number of nitrogen functional groups attached to an aromatic ring is 1. The van der Waals surface area contributed by atoms with Crippen LogP contribution in [0.25, 0.3) is 0 Å². The Bertz CT molecular complexity index is 352. The van der Waals surface area contributed by atoms with Crippen molar-refractivity contribution in [1.29, 1.82) is 0 Å². The zero-order valence-corrected chi connectivity index (χ0v) is 9.84. The molecule has 0 aromatic heterocycles. The molecule has 17 heavy (non-hydrogen) atoms. The first-order chi connectivity index (χ1) is 8.24. The van der Waals surface area contributed by atoms with Crippen molar-refractivity contribution in [3.8, 4) is 5.75 Å². The predicted octanol–water partition coefficient (Wildman–Crippen LogP) is 1.44. The van der Waals surface area contributed by atoms with Crippen LogP contribution in [0.5, 0.6) is 5.75 Å². The lowest BCUT2D eigenvalue weighted by Gasteiger charge is -2.12. The molecule has 0 saturated heterocycles. The maximum Gasteiger partial charge on any atom is 0.121 e. The molecular weight excluding hydrogens is 218 g/mol. The second kappa shape index (κ2) is 5.89. The van der Waals surface area contributed by atoms with Gasteiger partial charge >= 0.3 is 0 Å². The molecule has 1 unspecified atom stereocenters. The summed E-state index contributed by atoms with van der Waals surface area (Å²) in [5, 5.41) is 9.63. The van der Waals surface area contributed by atoms with Gasteiger partial charge in [0.25, 0.3) is 0 Å². The molecule has 1 atom stereocenters. The molecule has 0 amide bonds. The molecule has 94 valence electrons. The minimum absolute atomic E-state index is 0.230. The Morgan fingerprint density at radius 3 is 2.88 bits per heavy atom. The molecule has 0 bridgehead atoms. The average Bonchev–Trinajstić information content (AvgIpc) is 3.11. The van der Waals surface area contributed by atoms with E-state index in [-0.39, 0.29) is 6.61 Å². The van der Waals surface area contributed by atoms with Crippen LogP contribution >= 0.6 is 0 Å². The van der Waals surface area contributed by atoms with Gasteiger partial charge in [-0.2, -0.15) is 0 Å². The fraction of sp³-hybridized carbons (Fsp3) is 0.538. The number of hydrogen-bond donors (Lipinski definition) is 2. The van der Waals surface area contributed by atoms with Gasteiger partial charge in [-0.05, 0) is 30.9 Å². The van der Waals surface area contributed by atoms with Crippen LogP contribution in [0.15, 0.2) is 24.3 Å². The quantitative estimate of drug-likeness (QED) is 0.704. The van der Waals surface area contributed by atoms with Gasteiger partial charge in [-0.15, -0.1) is 0 Å². The standard InChI is InChI=1S/C13H19NO3/c14-11-2-1-3-13(6-11)17-9-12(15)8-16-7-10-4-5-10/h1-3,6,10,12,15H,4-5,7-9,14H2. The molecule has 1 aromatic rings. The molecule has 3 N–H and O–H groups in total. The Kier molecular flexibility index (Phi) is 4.23. The predicted molar refractivity (Wildman–Crippen MR) is 65.9 cm³/mol. The van der Waals surface area contributed by atoms with Gasteiger partial charge in [0.05, 0.1) is 6.61 Å². The summed E-state index contributed by atoms with van der Waals surface area (Å²) in [6, 6.07) is 7.16. The first-order valence-corrected chi connectivity index (χ1v) is 5.98. The van der Waals surface area contributed by atoms with Gasteiger partial charge in [-0.3, -0.25) is 0 Å². The van der Waals surface area contributed by atoms with Crippen molar-refractivity contribution in [3.05, 3.63) is 24.3 Å². The van der Waals surface area contributed by atoms with Crippen LogP contribution in [0.4, 0.5) is 5.69 Å². The first kappa shape index (κ1) is 12.2. The van der Waals surface area contributed by atoms with E-state index in [1.54, 1.807) is 12.1 Å². The van der Waals surface area contributed by atoms with Crippen LogP contribution in [-0.2, 0) is 4.74 Å². The summed E-state index contributed by atoms with van der Waals surface area (Å²) in [6.07, 6.45) is 1.93. The van der Waals surface area contributed by atoms with E-state index in [9.17, 15) is 5.11 Å². The van der Waals surface area contributed by atoms with E-state index in [0.717, 1.165) is 12.5 Å². The molecule has 0 heterocycles. The molecule has 2 rings (SSSR count). The van der Waals surface area contributed by atoms with E-state index in [0.29, 0.717) is 18.0 Å². The molecule has 1 aliphatic carbocycles. The molecule has 1 saturated carbocycles. The number of ether oxygens (including phenoxy) is 2. The van der Waals surface area contributed by atoms with Crippen molar-refractivity contribution < 1.29 is 14.6 Å². The zero-order chi connectivity index (χ0) is 12.1. The van der Waals surface area contributed by atoms with Crippen molar-refractivity contribution in [2.24, 2.45) is 5.92 Å². The van der Waals surface area contributed by atoms with Crippen LogP contribution in [0.3, 0.4) is 0 Å². The summed E-state index contributed by atoms with van der Waals surface area (Å²) in [4.78, 5) is 0. The van der Waals surface area contributed by atoms with Crippen molar-refractivity contribution in [1.82, 2.24) is 0 Å². The summed E-state index contributed by atoms with van der Waals surface area (Å²) in [6.45, 7) is 1.32. The fourth-order valence-electron chi connectivity index (χ4n) is 1.50. The van der Waals surface area contributed by atoms with E-state index in [1.807, 2.05) is 12.1 Å². The molecule has 1 fully saturated rings. The SMILES string of the molecule is Nc1cccc(OCC(O)COCC2CC2)c1. The van der Waals surface area contributed by atoms with Crippen LogP contribution in [0.1, 0.15) is 12.8 Å². The fourth-order valence-corrected chi connectivity index (χ4v) is 1.50. The van der Waals surface area contributed by atoms with E-state index in [1.165, 1.54) is 12.8 Å². The summed E-state index contributed by atoms with van der Waals surface area (Å²) >= 11 is 0. The third-order valence-corrected chi connectivity index (χ3v) is 2.66. The molecule has 0 spiro atoms. The minimum atomic E-state index is -0.588. The molecule has 1 aromatic carbocycles. The molecule has 4 heteroatoms. The first-order valence-electron chi connectivity index (χ1n) is 5.98. The maximum atomic E-state index is 9.63. The van der Waals surface area contributed by atoms with Gasteiger partial charge in [0, 0.05) is 18.4 Å². The Labute approximate surface area is 101 Å². The number of hydrogen-bond acceptors (Lipinski definition) is 4. The lowest BCUT2D eigenvalue weighted by molar-refractivity contribution is 0.00872. The smallest absolute Gasteiger partial charge is 0.121 e. The van der Waals surface area contributed by atoms with Crippen LogP contribution in [-0.4, -0.2) is 31.0 Å². The highest BCUT2D eigenvalue weighted by atomic mass is 16.5. The van der Waals surface area contributed by atoms with Gasteiger partial charge in [0.1, 0.15) is 18.5 Å². The highest BCUT2D eigenvalue weighted by Gasteiger charge is 2.21. The Hall–Kier alpha value is -1.26. The average molecular weight is 237 g/mol. The summed E-state index contributed by atoms with van der Waals surface area (Å²) in [5.41, 5.74) is 6.27. The lowest BCUT2D eigenvalue weighted by atomic mass is 10.3. The highest BCUT2D eigenvalue weighted by Crippen LogP contribution is 2.28. The Morgan fingerprint density at radius 2 is 2.18 bits per heavy atom. The van der Waals surface area contributed by atoms with Gasteiger partial charge < -0.3 is 20.3 Å². The van der Waals surface area contributed by atoms with Gasteiger partial charge in [-0.1, -0.05) is 6.07 Å². The van der Waals surface area contributed by atoms with Crippen molar-refractivity contribution in [3.63, 3.8) is 0 Å².